The van der Waals surface area contributed by atoms with Gasteiger partial charge in [0, 0.05) is 3.12 Å². The highest BCUT2D eigenvalue weighted by molar-refractivity contribution is 8.08. The van der Waals surface area contributed by atoms with Crippen molar-refractivity contribution in [1.29, 1.82) is 0 Å². The molecule has 0 N–H and O–H groups in total. The first-order chi connectivity index (χ1) is 7.93. The van der Waals surface area contributed by atoms with Crippen LogP contribution >= 0.6 is 0 Å². The van der Waals surface area contributed by atoms with Crippen LogP contribution in [-0.2, 0) is 31.8 Å². The van der Waals surface area contributed by atoms with Crippen LogP contribution in [0.4, 0.5) is 17.9 Å². The summed E-state index contributed by atoms with van der Waals surface area (Å²) in [6, 6.07) is 0. The zero-order valence-electron chi connectivity index (χ0n) is 9.66. The normalized spacial score (nSPS) is 12.0. The summed E-state index contributed by atoms with van der Waals surface area (Å²) in [7, 11) is -15.2. The SMILES string of the molecule is CCCC.F.O=[SH](=O)N([SH](=O)=O)S(=O)(=O)C(F)(F)F. The van der Waals surface area contributed by atoms with Crippen molar-refractivity contribution in [2.75, 3.05) is 0 Å². The average molecular weight is 355 g/mol. The van der Waals surface area contributed by atoms with Gasteiger partial charge in [-0.25, -0.2) is 25.3 Å². The molecule has 120 valence electrons. The third kappa shape index (κ3) is 7.64. The summed E-state index contributed by atoms with van der Waals surface area (Å²) in [5.41, 5.74) is -5.99. The molecule has 0 aromatic heterocycles. The minimum atomic E-state index is -6.40. The van der Waals surface area contributed by atoms with E-state index >= 15 is 0 Å². The van der Waals surface area contributed by atoms with Crippen LogP contribution in [0.3, 0.4) is 0 Å². The van der Waals surface area contributed by atoms with Crippen LogP contribution in [0.25, 0.3) is 0 Å². The number of hydrogen-bond donors (Lipinski definition) is 2. The molecule has 0 aromatic rings. The largest absolute Gasteiger partial charge is 0.513 e. The Labute approximate surface area is 111 Å². The Hall–Kier alpha value is -0.470. The van der Waals surface area contributed by atoms with E-state index in [0.717, 1.165) is 0 Å². The number of halogens is 4. The molecule has 0 atom stereocenters. The van der Waals surface area contributed by atoms with Crippen molar-refractivity contribution in [3.63, 3.8) is 0 Å². The average Bonchev–Trinajstić information content (AvgIpc) is 2.14. The van der Waals surface area contributed by atoms with E-state index in [1.165, 1.54) is 12.8 Å². The molecule has 0 aliphatic rings. The van der Waals surface area contributed by atoms with Gasteiger partial charge in [-0.15, -0.1) is 0 Å². The lowest BCUT2D eigenvalue weighted by atomic mass is 10.4. The van der Waals surface area contributed by atoms with E-state index in [0.29, 0.717) is 0 Å². The Morgan fingerprint density at radius 3 is 1.26 bits per heavy atom. The Balaban J connectivity index is -0.000000448. The van der Waals surface area contributed by atoms with Crippen molar-refractivity contribution >= 4 is 31.8 Å². The quantitative estimate of drug-likeness (QED) is 0.549. The summed E-state index contributed by atoms with van der Waals surface area (Å²) in [6.45, 7) is 4.36. The van der Waals surface area contributed by atoms with Crippen molar-refractivity contribution < 1.29 is 43.1 Å². The number of hydrogen-bond acceptors (Lipinski definition) is 6. The van der Waals surface area contributed by atoms with Crippen LogP contribution in [0, 0.1) is 0 Å². The zero-order valence-corrected chi connectivity index (χ0v) is 12.3. The van der Waals surface area contributed by atoms with E-state index in [4.69, 9.17) is 0 Å². The maximum atomic E-state index is 11.6. The summed E-state index contributed by atoms with van der Waals surface area (Å²) < 4.78 is 93.6. The van der Waals surface area contributed by atoms with E-state index in [9.17, 15) is 38.4 Å². The van der Waals surface area contributed by atoms with Gasteiger partial charge in [-0.3, -0.25) is 4.70 Å². The smallest absolute Gasteiger partial charge is 0.269 e. The highest BCUT2D eigenvalue weighted by atomic mass is 32.3. The van der Waals surface area contributed by atoms with Gasteiger partial charge in [0.2, 0.25) is 21.8 Å². The van der Waals surface area contributed by atoms with Crippen LogP contribution < -0.4 is 0 Å². The van der Waals surface area contributed by atoms with E-state index in [1.54, 1.807) is 0 Å². The summed E-state index contributed by atoms with van der Waals surface area (Å²) in [4.78, 5) is 0. The molecule has 0 unspecified atom stereocenters. The first-order valence-corrected chi connectivity index (χ1v) is 8.03. The van der Waals surface area contributed by atoms with Gasteiger partial charge in [0.25, 0.3) is 0 Å². The van der Waals surface area contributed by atoms with Crippen LogP contribution in [0.15, 0.2) is 0 Å². The van der Waals surface area contributed by atoms with Gasteiger partial charge < -0.3 is 0 Å². The second-order valence-corrected chi connectivity index (χ2v) is 7.04. The third-order valence-corrected chi connectivity index (χ3v) is 5.83. The number of rotatable bonds is 4. The highest BCUT2D eigenvalue weighted by Crippen LogP contribution is 2.26. The molecule has 0 fully saturated rings. The summed E-state index contributed by atoms with van der Waals surface area (Å²) in [5, 5.41) is 0. The highest BCUT2D eigenvalue weighted by Gasteiger charge is 2.53. The zero-order chi connectivity index (χ0) is 15.1. The molecule has 0 heterocycles. The van der Waals surface area contributed by atoms with Gasteiger partial charge in [-0.05, 0) is 0 Å². The number of sulfonamides is 1. The molecular formula is C5H13F4NO6S3. The summed E-state index contributed by atoms with van der Waals surface area (Å²) >= 11 is 0. The lowest BCUT2D eigenvalue weighted by Crippen LogP contribution is -2.38. The van der Waals surface area contributed by atoms with E-state index in [2.05, 4.69) is 13.8 Å². The molecule has 14 heteroatoms. The fourth-order valence-corrected chi connectivity index (χ4v) is 2.95. The van der Waals surface area contributed by atoms with Gasteiger partial charge >= 0.3 is 15.5 Å². The lowest BCUT2D eigenvalue weighted by Gasteiger charge is -2.10. The minimum Gasteiger partial charge on any atom is -0.269 e. The van der Waals surface area contributed by atoms with Gasteiger partial charge in [0.15, 0.2) is 0 Å². The number of thiol groups is 2. The van der Waals surface area contributed by atoms with Crippen molar-refractivity contribution in [3.8, 4) is 0 Å². The standard InChI is InChI=1S/C4H10.CH2F3NO6S3.FH/c1-3-4-2;2-1(3,4)14(10,11)5(12(6)7)13(8)9;/h3-4H2,1-2H3;12-13H;1H. The molecule has 0 aromatic carbocycles. The number of alkyl halides is 3. The number of unbranched alkanes of at least 4 members (excludes halogenated alkanes) is 1. The van der Waals surface area contributed by atoms with Crippen molar-refractivity contribution in [2.24, 2.45) is 0 Å². The molecule has 0 bridgehead atoms. The van der Waals surface area contributed by atoms with E-state index in [-0.39, 0.29) is 4.70 Å². The first-order valence-electron chi connectivity index (χ1n) is 4.33. The predicted molar refractivity (Wildman–Crippen MR) is 60.5 cm³/mol. The molecule has 19 heavy (non-hydrogen) atoms. The maximum Gasteiger partial charge on any atom is 0.513 e. The van der Waals surface area contributed by atoms with Crippen LogP contribution in [0.5, 0.6) is 0 Å². The summed E-state index contributed by atoms with van der Waals surface area (Å²) in [5.74, 6) is 0. The van der Waals surface area contributed by atoms with Crippen LogP contribution in [0.2, 0.25) is 0 Å². The maximum absolute atomic E-state index is 11.6. The van der Waals surface area contributed by atoms with Crippen LogP contribution in [-0.4, -0.2) is 33.9 Å². The number of nitrogens with zero attached hydrogens (tertiary/aromatic N) is 1. The third-order valence-electron chi connectivity index (χ3n) is 1.29. The topological polar surface area (TPSA) is 106 Å². The molecule has 0 saturated heterocycles. The Morgan fingerprint density at radius 2 is 1.21 bits per heavy atom. The summed E-state index contributed by atoms with van der Waals surface area (Å²) in [6.07, 6.45) is 2.64. The van der Waals surface area contributed by atoms with Crippen molar-refractivity contribution in [1.82, 2.24) is 3.12 Å². The fraction of sp³-hybridized carbons (Fsp3) is 1.00. The molecule has 0 amide bonds. The van der Waals surface area contributed by atoms with Crippen molar-refractivity contribution in [3.05, 3.63) is 0 Å². The Bertz CT molecular complexity index is 453. The Kier molecular flexibility index (Phi) is 11.7. The second-order valence-electron chi connectivity index (χ2n) is 2.65. The minimum absolute atomic E-state index is 0. The molecule has 0 aliphatic carbocycles. The monoisotopic (exact) mass is 355 g/mol. The fourth-order valence-electron chi connectivity index (χ4n) is 0.328. The van der Waals surface area contributed by atoms with Crippen molar-refractivity contribution in [2.45, 2.75) is 32.2 Å². The predicted octanol–water partition coefficient (Wildman–Crippen LogP) is 0.150. The van der Waals surface area contributed by atoms with E-state index < -0.39 is 40.4 Å². The molecular weight excluding hydrogens is 342 g/mol. The van der Waals surface area contributed by atoms with Gasteiger partial charge in [0.05, 0.1) is 0 Å². The van der Waals surface area contributed by atoms with Crippen LogP contribution in [0.1, 0.15) is 26.7 Å². The Morgan fingerprint density at radius 1 is 0.947 bits per heavy atom. The molecule has 0 radical (unpaired) electrons. The molecule has 0 aliphatic heterocycles. The van der Waals surface area contributed by atoms with Gasteiger partial charge in [-0.1, -0.05) is 26.7 Å². The molecule has 0 saturated carbocycles. The molecule has 0 spiro atoms. The first kappa shape index (κ1) is 23.6. The lowest BCUT2D eigenvalue weighted by molar-refractivity contribution is -0.0456. The van der Waals surface area contributed by atoms with Gasteiger partial charge in [-0.2, -0.15) is 13.2 Å². The molecule has 0 rings (SSSR count). The van der Waals surface area contributed by atoms with Gasteiger partial charge in [0.1, 0.15) is 0 Å². The molecule has 7 nitrogen and oxygen atoms in total. The van der Waals surface area contributed by atoms with E-state index in [1.807, 2.05) is 0 Å². The second kappa shape index (κ2) is 9.44.